The van der Waals surface area contributed by atoms with Gasteiger partial charge in [0.2, 0.25) is 5.95 Å². The lowest BCUT2D eigenvalue weighted by Gasteiger charge is -2.31. The third kappa shape index (κ3) is 3.65. The van der Waals surface area contributed by atoms with Gasteiger partial charge < -0.3 is 4.90 Å². The van der Waals surface area contributed by atoms with E-state index in [1.807, 2.05) is 0 Å². The number of rotatable bonds is 6. The zero-order valence-electron chi connectivity index (χ0n) is 15.2. The average molecular weight is 416 g/mol. The van der Waals surface area contributed by atoms with Crippen LogP contribution in [0.2, 0.25) is 5.02 Å². The minimum absolute atomic E-state index is 0.110. The molecule has 2 aromatic rings. The number of carbonyl (C=O) groups is 1. The molecule has 1 aliphatic rings. The fourth-order valence-electron chi connectivity index (χ4n) is 3.15. The summed E-state index contributed by atoms with van der Waals surface area (Å²) < 4.78 is 55.8. The monoisotopic (exact) mass is 415 g/mol. The first-order valence-electron chi connectivity index (χ1n) is 8.60. The molecule has 1 aromatic heterocycles. The fraction of sp³-hybridized carbons (Fsp3) is 0.368. The standard InChI is InChI=1S/C19H18ClF4N3O/c1-9(13-8-11(20)4-7-14(13)21)10(2)27(12-5-6-12)19(28)15-16(17(22)23)25-26(3)18(15)24/h4,7-8,10,12,17H,1,5-6H2,2-3H3. The van der Waals surface area contributed by atoms with E-state index in [0.29, 0.717) is 17.5 Å². The Balaban J connectivity index is 2.00. The molecule has 1 saturated carbocycles. The summed E-state index contributed by atoms with van der Waals surface area (Å²) in [6.07, 6.45) is -1.85. The van der Waals surface area contributed by atoms with E-state index in [1.54, 1.807) is 6.92 Å². The van der Waals surface area contributed by atoms with Crippen LogP contribution in [-0.4, -0.2) is 32.7 Å². The highest BCUT2D eigenvalue weighted by Gasteiger charge is 2.41. The van der Waals surface area contributed by atoms with Gasteiger partial charge in [-0.15, -0.1) is 0 Å². The molecule has 1 amide bonds. The molecule has 0 bridgehead atoms. The van der Waals surface area contributed by atoms with Crippen molar-refractivity contribution in [3.63, 3.8) is 0 Å². The maximum absolute atomic E-state index is 14.4. The van der Waals surface area contributed by atoms with Crippen LogP contribution in [-0.2, 0) is 7.05 Å². The molecule has 0 aliphatic heterocycles. The zero-order chi connectivity index (χ0) is 20.7. The number of halogens is 5. The molecule has 1 heterocycles. The lowest BCUT2D eigenvalue weighted by Crippen LogP contribution is -2.41. The number of carbonyl (C=O) groups excluding carboxylic acids is 1. The van der Waals surface area contributed by atoms with Gasteiger partial charge in [0.05, 0.1) is 6.04 Å². The third-order valence-electron chi connectivity index (χ3n) is 4.80. The van der Waals surface area contributed by atoms with Crippen LogP contribution in [0.3, 0.4) is 0 Å². The van der Waals surface area contributed by atoms with Gasteiger partial charge in [0.25, 0.3) is 12.3 Å². The van der Waals surface area contributed by atoms with Gasteiger partial charge >= 0.3 is 0 Å². The molecule has 1 fully saturated rings. The smallest absolute Gasteiger partial charge is 0.283 e. The van der Waals surface area contributed by atoms with E-state index in [0.717, 1.165) is 7.05 Å². The molecule has 0 radical (unpaired) electrons. The summed E-state index contributed by atoms with van der Waals surface area (Å²) in [5.74, 6) is -2.64. The molecule has 1 unspecified atom stereocenters. The Hall–Kier alpha value is -2.35. The summed E-state index contributed by atoms with van der Waals surface area (Å²) in [7, 11) is 1.14. The number of aryl methyl sites for hydroxylation is 1. The number of alkyl halides is 2. The summed E-state index contributed by atoms with van der Waals surface area (Å²) in [4.78, 5) is 14.3. The topological polar surface area (TPSA) is 38.1 Å². The van der Waals surface area contributed by atoms with Crippen molar-refractivity contribution in [3.05, 3.63) is 58.4 Å². The van der Waals surface area contributed by atoms with E-state index in [9.17, 15) is 22.4 Å². The highest BCUT2D eigenvalue weighted by Crippen LogP contribution is 2.36. The van der Waals surface area contributed by atoms with Gasteiger partial charge in [-0.2, -0.15) is 9.49 Å². The van der Waals surface area contributed by atoms with Crippen molar-refractivity contribution in [1.29, 1.82) is 0 Å². The van der Waals surface area contributed by atoms with Gasteiger partial charge in [-0.1, -0.05) is 18.2 Å². The van der Waals surface area contributed by atoms with Gasteiger partial charge in [-0.25, -0.2) is 17.9 Å². The molecule has 150 valence electrons. The molecular weight excluding hydrogens is 398 g/mol. The van der Waals surface area contributed by atoms with Gasteiger partial charge in [0.1, 0.15) is 17.1 Å². The van der Waals surface area contributed by atoms with Crippen molar-refractivity contribution in [2.75, 3.05) is 0 Å². The number of benzene rings is 1. The lowest BCUT2D eigenvalue weighted by molar-refractivity contribution is 0.0698. The van der Waals surface area contributed by atoms with Crippen LogP contribution in [0.5, 0.6) is 0 Å². The SMILES string of the molecule is C=C(c1cc(Cl)ccc1F)C(C)N(C(=O)c1c(C(F)F)nn(C)c1F)C1CC1. The molecule has 3 rings (SSSR count). The van der Waals surface area contributed by atoms with Crippen LogP contribution in [0.15, 0.2) is 24.8 Å². The first kappa shape index (κ1) is 20.4. The van der Waals surface area contributed by atoms with E-state index in [4.69, 9.17) is 11.6 Å². The van der Waals surface area contributed by atoms with Gasteiger partial charge in [0, 0.05) is 23.7 Å². The Morgan fingerprint density at radius 3 is 2.57 bits per heavy atom. The highest BCUT2D eigenvalue weighted by atomic mass is 35.5. The summed E-state index contributed by atoms with van der Waals surface area (Å²) in [6, 6.07) is 2.89. The lowest BCUT2D eigenvalue weighted by atomic mass is 9.98. The molecular formula is C19H18ClF4N3O. The first-order valence-corrected chi connectivity index (χ1v) is 8.98. The number of hydrogen-bond acceptors (Lipinski definition) is 2. The Morgan fingerprint density at radius 1 is 1.36 bits per heavy atom. The Bertz CT molecular complexity index is 940. The molecule has 28 heavy (non-hydrogen) atoms. The van der Waals surface area contributed by atoms with E-state index >= 15 is 0 Å². The van der Waals surface area contributed by atoms with E-state index in [1.165, 1.54) is 23.1 Å². The van der Waals surface area contributed by atoms with Crippen molar-refractivity contribution in [2.24, 2.45) is 7.05 Å². The van der Waals surface area contributed by atoms with Crippen LogP contribution in [0.4, 0.5) is 17.6 Å². The van der Waals surface area contributed by atoms with Gasteiger partial charge in [0.15, 0.2) is 0 Å². The molecule has 9 heteroatoms. The Morgan fingerprint density at radius 2 is 2.00 bits per heavy atom. The van der Waals surface area contributed by atoms with Crippen LogP contribution in [0.1, 0.15) is 47.8 Å². The number of hydrogen-bond donors (Lipinski definition) is 0. The second kappa shape index (κ2) is 7.58. The Kier molecular flexibility index (Phi) is 5.52. The summed E-state index contributed by atoms with van der Waals surface area (Å²) in [5, 5.41) is 3.71. The number of amides is 1. The van der Waals surface area contributed by atoms with E-state index < -0.39 is 41.4 Å². The molecule has 0 spiro atoms. The van der Waals surface area contributed by atoms with E-state index in [-0.39, 0.29) is 22.2 Å². The summed E-state index contributed by atoms with van der Waals surface area (Å²) >= 11 is 5.93. The third-order valence-corrected chi connectivity index (χ3v) is 5.03. The van der Waals surface area contributed by atoms with Gasteiger partial charge in [-0.3, -0.25) is 4.79 Å². The molecule has 1 atom stereocenters. The van der Waals surface area contributed by atoms with Crippen molar-refractivity contribution >= 4 is 23.1 Å². The van der Waals surface area contributed by atoms with Crippen molar-refractivity contribution in [3.8, 4) is 0 Å². The second-order valence-electron chi connectivity index (χ2n) is 6.74. The van der Waals surface area contributed by atoms with Crippen LogP contribution in [0, 0.1) is 11.8 Å². The maximum Gasteiger partial charge on any atom is 0.283 e. The van der Waals surface area contributed by atoms with E-state index in [2.05, 4.69) is 11.7 Å². The van der Waals surface area contributed by atoms with Gasteiger partial charge in [-0.05, 0) is 43.5 Å². The van der Waals surface area contributed by atoms with Crippen molar-refractivity contribution in [2.45, 2.75) is 38.3 Å². The quantitative estimate of drug-likeness (QED) is 0.623. The second-order valence-corrected chi connectivity index (χ2v) is 7.18. The number of aromatic nitrogens is 2. The van der Waals surface area contributed by atoms with Crippen molar-refractivity contribution < 1.29 is 22.4 Å². The summed E-state index contributed by atoms with van der Waals surface area (Å²) in [6.45, 7) is 5.46. The first-order chi connectivity index (χ1) is 13.1. The normalized spacial score (nSPS) is 15.0. The molecule has 4 nitrogen and oxygen atoms in total. The number of nitrogens with zero attached hydrogens (tertiary/aromatic N) is 3. The zero-order valence-corrected chi connectivity index (χ0v) is 16.0. The maximum atomic E-state index is 14.4. The predicted octanol–water partition coefficient (Wildman–Crippen LogP) is 5.00. The minimum Gasteiger partial charge on any atom is -0.329 e. The predicted molar refractivity (Wildman–Crippen MR) is 97.2 cm³/mol. The molecule has 0 N–H and O–H groups in total. The largest absolute Gasteiger partial charge is 0.329 e. The molecule has 0 saturated heterocycles. The molecule has 1 aromatic carbocycles. The highest BCUT2D eigenvalue weighted by molar-refractivity contribution is 6.30. The Labute approximate surface area is 164 Å². The van der Waals surface area contributed by atoms with Crippen molar-refractivity contribution in [1.82, 2.24) is 14.7 Å². The fourth-order valence-corrected chi connectivity index (χ4v) is 3.32. The van der Waals surface area contributed by atoms with Crippen LogP contribution in [0.25, 0.3) is 5.57 Å². The molecule has 1 aliphatic carbocycles. The summed E-state index contributed by atoms with van der Waals surface area (Å²) in [5.41, 5.74) is -1.33. The average Bonchev–Trinajstić information content (AvgIpc) is 3.42. The minimum atomic E-state index is -3.11. The van der Waals surface area contributed by atoms with Crippen LogP contribution < -0.4 is 0 Å². The van der Waals surface area contributed by atoms with Crippen LogP contribution >= 0.6 is 11.6 Å².